The van der Waals surface area contributed by atoms with Crippen molar-refractivity contribution in [1.29, 1.82) is 0 Å². The number of aromatic carboxylic acids is 1. The second-order valence-corrected chi connectivity index (χ2v) is 8.87. The van der Waals surface area contributed by atoms with Gasteiger partial charge in [0.25, 0.3) is 5.56 Å². The highest BCUT2D eigenvalue weighted by molar-refractivity contribution is 6.29. The zero-order valence-electron chi connectivity index (χ0n) is 17.2. The maximum absolute atomic E-state index is 12.9. The number of rotatable bonds is 5. The molecule has 2 fully saturated rings. The number of fused-ring (bicyclic) bond motifs is 2. The molecule has 2 aliphatic rings. The lowest BCUT2D eigenvalue weighted by Crippen LogP contribution is -2.27. The molecule has 31 heavy (non-hydrogen) atoms. The van der Waals surface area contributed by atoms with Gasteiger partial charge in [-0.1, -0.05) is 11.6 Å². The molecule has 0 bridgehead atoms. The van der Waals surface area contributed by atoms with Crippen LogP contribution in [0.3, 0.4) is 0 Å². The van der Waals surface area contributed by atoms with E-state index in [1.165, 1.54) is 12.5 Å². The van der Waals surface area contributed by atoms with Crippen LogP contribution in [0.1, 0.15) is 41.0 Å². The largest absolute Gasteiger partial charge is 0.476 e. The fourth-order valence-corrected chi connectivity index (χ4v) is 4.60. The Hall–Kier alpha value is -3.13. The monoisotopic (exact) mass is 439 g/mol. The number of carboxylic acids is 1. The Kier molecular flexibility index (Phi) is 4.62. The van der Waals surface area contributed by atoms with Crippen LogP contribution in [0.25, 0.3) is 5.65 Å². The summed E-state index contributed by atoms with van der Waals surface area (Å²) in [5, 5.41) is 12.8. The fourth-order valence-electron chi connectivity index (χ4n) is 4.45. The predicted molar refractivity (Wildman–Crippen MR) is 118 cm³/mol. The van der Waals surface area contributed by atoms with Crippen LogP contribution >= 0.6 is 11.6 Å². The highest BCUT2D eigenvalue weighted by atomic mass is 35.5. The first-order valence-corrected chi connectivity index (χ1v) is 10.6. The smallest absolute Gasteiger partial charge is 0.356 e. The molecule has 9 heteroatoms. The second-order valence-electron chi connectivity index (χ2n) is 8.48. The molecule has 160 valence electrons. The van der Waals surface area contributed by atoms with Crippen LogP contribution in [-0.4, -0.2) is 38.5 Å². The number of halogens is 1. The van der Waals surface area contributed by atoms with E-state index in [1.807, 2.05) is 19.9 Å². The van der Waals surface area contributed by atoms with Crippen molar-refractivity contribution in [2.45, 2.75) is 26.3 Å². The SMILES string of the molecule is Cc1cc([C@@H](C)Nc2ccc(Cl)nc2C(=O)O)c2nc(N3CC4CC4C3)cc(=O)n2c1. The molecule has 4 heterocycles. The first kappa shape index (κ1) is 19.8. The summed E-state index contributed by atoms with van der Waals surface area (Å²) >= 11 is 5.87. The van der Waals surface area contributed by atoms with Gasteiger partial charge in [0, 0.05) is 30.9 Å². The van der Waals surface area contributed by atoms with Crippen molar-refractivity contribution >= 4 is 34.7 Å². The van der Waals surface area contributed by atoms with Crippen molar-refractivity contribution in [1.82, 2.24) is 14.4 Å². The number of pyridine rings is 2. The molecule has 3 aromatic heterocycles. The second kappa shape index (κ2) is 7.23. The van der Waals surface area contributed by atoms with Gasteiger partial charge >= 0.3 is 5.97 Å². The Labute approximate surface area is 183 Å². The van der Waals surface area contributed by atoms with Crippen molar-refractivity contribution < 1.29 is 9.90 Å². The highest BCUT2D eigenvalue weighted by Gasteiger charge is 2.45. The number of nitrogens with zero attached hydrogens (tertiary/aromatic N) is 4. The number of hydrogen-bond acceptors (Lipinski definition) is 6. The maximum Gasteiger partial charge on any atom is 0.356 e. The van der Waals surface area contributed by atoms with Gasteiger partial charge in [0.15, 0.2) is 5.69 Å². The van der Waals surface area contributed by atoms with Gasteiger partial charge in [-0.05, 0) is 55.9 Å². The molecule has 0 aromatic carbocycles. The third-order valence-corrected chi connectivity index (χ3v) is 6.33. The van der Waals surface area contributed by atoms with Crippen LogP contribution in [0.5, 0.6) is 0 Å². The number of aryl methyl sites for hydroxylation is 1. The topological polar surface area (TPSA) is 99.8 Å². The maximum atomic E-state index is 12.9. The summed E-state index contributed by atoms with van der Waals surface area (Å²) in [7, 11) is 0. The van der Waals surface area contributed by atoms with Gasteiger partial charge in [0.1, 0.15) is 16.6 Å². The first-order chi connectivity index (χ1) is 14.8. The molecule has 1 aliphatic heterocycles. The van der Waals surface area contributed by atoms with E-state index in [-0.39, 0.29) is 22.4 Å². The van der Waals surface area contributed by atoms with Crippen LogP contribution in [-0.2, 0) is 0 Å². The lowest BCUT2D eigenvalue weighted by Gasteiger charge is -2.22. The zero-order valence-corrected chi connectivity index (χ0v) is 17.9. The molecular formula is C22H22ClN5O3. The van der Waals surface area contributed by atoms with Gasteiger partial charge in [0.05, 0.1) is 11.7 Å². The van der Waals surface area contributed by atoms with Gasteiger partial charge in [0.2, 0.25) is 0 Å². The van der Waals surface area contributed by atoms with E-state index < -0.39 is 5.97 Å². The number of nitrogens with one attached hydrogen (secondary N) is 1. The predicted octanol–water partition coefficient (Wildman–Crippen LogP) is 3.38. The molecule has 2 unspecified atom stereocenters. The molecule has 3 aromatic rings. The fraction of sp³-hybridized carbons (Fsp3) is 0.364. The first-order valence-electron chi connectivity index (χ1n) is 10.3. The minimum absolute atomic E-state index is 0.109. The Morgan fingerprint density at radius 3 is 2.71 bits per heavy atom. The molecular weight excluding hydrogens is 418 g/mol. The summed E-state index contributed by atoms with van der Waals surface area (Å²) < 4.78 is 1.56. The summed E-state index contributed by atoms with van der Waals surface area (Å²) in [6, 6.07) is 6.37. The number of hydrogen-bond donors (Lipinski definition) is 2. The molecule has 5 rings (SSSR count). The summed E-state index contributed by atoms with van der Waals surface area (Å²) in [6.07, 6.45) is 3.05. The van der Waals surface area contributed by atoms with Crippen LogP contribution in [0.2, 0.25) is 5.15 Å². The van der Waals surface area contributed by atoms with Crippen molar-refractivity contribution in [3.05, 3.63) is 62.8 Å². The number of carboxylic acid groups (broad SMARTS) is 1. The van der Waals surface area contributed by atoms with Crippen LogP contribution in [0.4, 0.5) is 11.5 Å². The van der Waals surface area contributed by atoms with E-state index in [0.29, 0.717) is 17.2 Å². The average molecular weight is 440 g/mol. The van der Waals surface area contributed by atoms with Crippen LogP contribution in [0, 0.1) is 18.8 Å². The van der Waals surface area contributed by atoms with E-state index in [9.17, 15) is 14.7 Å². The van der Waals surface area contributed by atoms with E-state index in [1.54, 1.807) is 22.7 Å². The third kappa shape index (κ3) is 3.61. The third-order valence-electron chi connectivity index (χ3n) is 6.12. The molecule has 2 N–H and O–H groups in total. The van der Waals surface area contributed by atoms with Crippen molar-refractivity contribution in [2.75, 3.05) is 23.3 Å². The Balaban J connectivity index is 1.56. The molecule has 0 amide bonds. The van der Waals surface area contributed by atoms with E-state index in [4.69, 9.17) is 16.6 Å². The van der Waals surface area contributed by atoms with Gasteiger partial charge < -0.3 is 15.3 Å². The number of aromatic nitrogens is 3. The normalized spacial score (nSPS) is 20.5. The van der Waals surface area contributed by atoms with Crippen LogP contribution in [0.15, 0.2) is 35.3 Å². The Morgan fingerprint density at radius 1 is 1.26 bits per heavy atom. The molecule has 1 aliphatic carbocycles. The summed E-state index contributed by atoms with van der Waals surface area (Å²) in [5.74, 6) is 0.986. The lowest BCUT2D eigenvalue weighted by atomic mass is 10.1. The number of piperidine rings is 1. The molecule has 1 saturated carbocycles. The minimum Gasteiger partial charge on any atom is -0.476 e. The lowest BCUT2D eigenvalue weighted by molar-refractivity contribution is 0.0691. The quantitative estimate of drug-likeness (QED) is 0.588. The molecule has 3 atom stereocenters. The van der Waals surface area contributed by atoms with E-state index in [0.717, 1.165) is 36.1 Å². The average Bonchev–Trinajstić information content (AvgIpc) is 3.33. The molecule has 8 nitrogen and oxygen atoms in total. The minimum atomic E-state index is -1.17. The zero-order chi connectivity index (χ0) is 21.9. The Bertz CT molecular complexity index is 1260. The van der Waals surface area contributed by atoms with Gasteiger partial charge in [-0.15, -0.1) is 0 Å². The van der Waals surface area contributed by atoms with Crippen molar-refractivity contribution in [3.63, 3.8) is 0 Å². The van der Waals surface area contributed by atoms with Crippen LogP contribution < -0.4 is 15.8 Å². The van der Waals surface area contributed by atoms with Gasteiger partial charge in [-0.25, -0.2) is 14.8 Å². The summed E-state index contributed by atoms with van der Waals surface area (Å²) in [5.41, 5.74) is 2.34. The summed E-state index contributed by atoms with van der Waals surface area (Å²) in [4.78, 5) is 35.4. The molecule has 0 spiro atoms. The van der Waals surface area contributed by atoms with Gasteiger partial charge in [-0.2, -0.15) is 0 Å². The standard InChI is InChI=1S/C22H22ClN5O3/c1-11-5-15(12(2)24-16-3-4-17(23)25-20(16)22(30)31)21-26-18(7-19(29)28(21)8-11)27-9-13-6-14(13)10-27/h3-5,7-8,12-14,24H,6,9-10H2,1-2H3,(H,30,31)/t12-,13?,14?/m1/s1. The van der Waals surface area contributed by atoms with Crippen molar-refractivity contribution in [2.24, 2.45) is 11.8 Å². The van der Waals surface area contributed by atoms with E-state index >= 15 is 0 Å². The van der Waals surface area contributed by atoms with Gasteiger partial charge in [-0.3, -0.25) is 9.20 Å². The Morgan fingerprint density at radius 2 is 2.00 bits per heavy atom. The molecule has 1 saturated heterocycles. The molecule has 0 radical (unpaired) electrons. The van der Waals surface area contributed by atoms with Crippen molar-refractivity contribution in [3.8, 4) is 0 Å². The number of carbonyl (C=O) groups is 1. The summed E-state index contributed by atoms with van der Waals surface area (Å²) in [6.45, 7) is 5.71. The highest BCUT2D eigenvalue weighted by Crippen LogP contribution is 2.45. The number of anilines is 2. The van der Waals surface area contributed by atoms with E-state index in [2.05, 4.69) is 15.2 Å².